The molecule has 0 saturated carbocycles. The number of hydrogen-bond acceptors (Lipinski definition) is 2. The minimum absolute atomic E-state index is 0.275. The van der Waals surface area contributed by atoms with E-state index in [0.29, 0.717) is 10.8 Å². The van der Waals surface area contributed by atoms with Gasteiger partial charge in [-0.05, 0) is 44.2 Å². The van der Waals surface area contributed by atoms with Gasteiger partial charge in [0.25, 0.3) is 0 Å². The molecule has 1 rings (SSSR count). The van der Waals surface area contributed by atoms with E-state index in [4.69, 9.17) is 11.6 Å². The van der Waals surface area contributed by atoms with Gasteiger partial charge in [0, 0.05) is 21.7 Å². The lowest BCUT2D eigenvalue weighted by molar-refractivity contribution is 0.582. The molecule has 1 aromatic rings. The van der Waals surface area contributed by atoms with Crippen molar-refractivity contribution in [3.8, 4) is 0 Å². The highest BCUT2D eigenvalue weighted by Crippen LogP contribution is 2.13. The van der Waals surface area contributed by atoms with E-state index in [-0.39, 0.29) is 6.04 Å². The summed E-state index contributed by atoms with van der Waals surface area (Å²) in [4.78, 5) is 0.842. The van der Waals surface area contributed by atoms with Gasteiger partial charge in [-0.25, -0.2) is 0 Å². The van der Waals surface area contributed by atoms with Crippen molar-refractivity contribution in [3.63, 3.8) is 0 Å². The number of hydrogen-bond donors (Lipinski definition) is 1. The van der Waals surface area contributed by atoms with Crippen LogP contribution < -0.4 is 5.32 Å². The van der Waals surface area contributed by atoms with E-state index in [9.17, 15) is 4.21 Å². The zero-order chi connectivity index (χ0) is 12.0. The van der Waals surface area contributed by atoms with Crippen LogP contribution in [0.5, 0.6) is 0 Å². The van der Waals surface area contributed by atoms with E-state index in [2.05, 4.69) is 19.2 Å². The summed E-state index contributed by atoms with van der Waals surface area (Å²) in [5, 5.41) is 4.00. The molecule has 0 amide bonds. The minimum Gasteiger partial charge on any atom is -0.313 e. The Morgan fingerprint density at radius 3 is 2.56 bits per heavy atom. The molecule has 0 radical (unpaired) electrons. The Hall–Kier alpha value is -0.380. The zero-order valence-corrected chi connectivity index (χ0v) is 11.3. The summed E-state index contributed by atoms with van der Waals surface area (Å²) in [7, 11) is -0.946. The summed E-state index contributed by atoms with van der Waals surface area (Å²) in [5.41, 5.74) is 0. The molecule has 4 heteroatoms. The van der Waals surface area contributed by atoms with Crippen LogP contribution in [0.4, 0.5) is 0 Å². The molecule has 0 heterocycles. The Balaban J connectivity index is 2.48. The van der Waals surface area contributed by atoms with Crippen molar-refractivity contribution in [1.29, 1.82) is 0 Å². The van der Waals surface area contributed by atoms with Crippen LogP contribution in [0, 0.1) is 0 Å². The largest absolute Gasteiger partial charge is 0.313 e. The smallest absolute Gasteiger partial charge is 0.0545 e. The second kappa shape index (κ2) is 7.05. The van der Waals surface area contributed by atoms with Crippen LogP contribution in [0.1, 0.15) is 20.3 Å². The van der Waals surface area contributed by atoms with Crippen molar-refractivity contribution in [2.24, 2.45) is 0 Å². The molecule has 2 unspecified atom stereocenters. The lowest BCUT2D eigenvalue weighted by Gasteiger charge is -2.12. The molecule has 0 saturated heterocycles. The Bertz CT molecular complexity index is 339. The monoisotopic (exact) mass is 259 g/mol. The van der Waals surface area contributed by atoms with Crippen molar-refractivity contribution < 1.29 is 4.21 Å². The van der Waals surface area contributed by atoms with E-state index in [1.165, 1.54) is 0 Å². The first-order valence-corrected chi connectivity index (χ1v) is 7.20. The maximum atomic E-state index is 12.0. The lowest BCUT2D eigenvalue weighted by Crippen LogP contribution is -2.31. The molecule has 2 atom stereocenters. The van der Waals surface area contributed by atoms with E-state index >= 15 is 0 Å². The van der Waals surface area contributed by atoms with E-state index < -0.39 is 10.8 Å². The molecular formula is C12H18ClNOS. The van der Waals surface area contributed by atoms with E-state index in [1.807, 2.05) is 12.1 Å². The van der Waals surface area contributed by atoms with Gasteiger partial charge in [-0.2, -0.15) is 0 Å². The van der Waals surface area contributed by atoms with Crippen molar-refractivity contribution in [3.05, 3.63) is 29.3 Å². The predicted molar refractivity (Wildman–Crippen MR) is 70.5 cm³/mol. The van der Waals surface area contributed by atoms with Gasteiger partial charge in [-0.3, -0.25) is 4.21 Å². The van der Waals surface area contributed by atoms with Gasteiger partial charge in [-0.1, -0.05) is 18.5 Å². The Kier molecular flexibility index (Phi) is 6.03. The second-order valence-electron chi connectivity index (χ2n) is 3.82. The highest BCUT2D eigenvalue weighted by atomic mass is 35.5. The van der Waals surface area contributed by atoms with Gasteiger partial charge in [-0.15, -0.1) is 0 Å². The summed E-state index contributed by atoms with van der Waals surface area (Å²) in [5.74, 6) is 0.641. The molecule has 16 heavy (non-hydrogen) atoms. The molecule has 1 aromatic carbocycles. The van der Waals surface area contributed by atoms with Gasteiger partial charge in [0.15, 0.2) is 0 Å². The molecule has 0 aromatic heterocycles. The van der Waals surface area contributed by atoms with Gasteiger partial charge in [0.05, 0.1) is 10.8 Å². The number of benzene rings is 1. The Morgan fingerprint density at radius 1 is 1.38 bits per heavy atom. The topological polar surface area (TPSA) is 29.1 Å². The van der Waals surface area contributed by atoms with Crippen LogP contribution in [0.3, 0.4) is 0 Å². The second-order valence-corrected chi connectivity index (χ2v) is 5.75. The van der Waals surface area contributed by atoms with Crippen LogP contribution in [0.15, 0.2) is 29.2 Å². The van der Waals surface area contributed by atoms with Crippen LogP contribution >= 0.6 is 11.6 Å². The first-order valence-electron chi connectivity index (χ1n) is 5.50. The fourth-order valence-corrected chi connectivity index (χ4v) is 2.69. The number of halogens is 1. The molecular weight excluding hydrogens is 242 g/mol. The molecule has 0 bridgehead atoms. The summed E-state index contributed by atoms with van der Waals surface area (Å²) >= 11 is 5.78. The maximum Gasteiger partial charge on any atom is 0.0545 e. The normalized spacial score (nSPS) is 14.7. The van der Waals surface area contributed by atoms with Gasteiger partial charge >= 0.3 is 0 Å². The van der Waals surface area contributed by atoms with Gasteiger partial charge in [0.1, 0.15) is 0 Å². The summed E-state index contributed by atoms with van der Waals surface area (Å²) in [6, 6.07) is 7.48. The highest BCUT2D eigenvalue weighted by molar-refractivity contribution is 7.85. The van der Waals surface area contributed by atoms with E-state index in [0.717, 1.165) is 17.9 Å². The third-order valence-corrected chi connectivity index (χ3v) is 4.07. The summed E-state index contributed by atoms with van der Waals surface area (Å²) in [6.45, 7) is 5.15. The standard InChI is InChI=1S/C12H18ClNOS/c1-3-8-14-10(2)9-16(15)12-6-4-11(13)5-7-12/h4-7,10,14H,3,8-9H2,1-2H3. The van der Waals surface area contributed by atoms with Crippen LogP contribution in [-0.4, -0.2) is 22.5 Å². The Morgan fingerprint density at radius 2 is 2.00 bits per heavy atom. The third kappa shape index (κ3) is 4.64. The molecule has 2 nitrogen and oxygen atoms in total. The van der Waals surface area contributed by atoms with Crippen molar-refractivity contribution in [2.45, 2.75) is 31.2 Å². The predicted octanol–water partition coefficient (Wildman–Crippen LogP) is 2.84. The number of rotatable bonds is 6. The van der Waals surface area contributed by atoms with Crippen LogP contribution in [0.25, 0.3) is 0 Å². The van der Waals surface area contributed by atoms with Gasteiger partial charge in [0.2, 0.25) is 0 Å². The van der Waals surface area contributed by atoms with Crippen molar-refractivity contribution in [1.82, 2.24) is 5.32 Å². The maximum absolute atomic E-state index is 12.0. The average molecular weight is 260 g/mol. The lowest BCUT2D eigenvalue weighted by atomic mass is 10.3. The molecule has 0 spiro atoms. The molecule has 0 fully saturated rings. The third-order valence-electron chi connectivity index (χ3n) is 2.22. The molecule has 1 N–H and O–H groups in total. The minimum atomic E-state index is -0.946. The molecule has 0 aliphatic rings. The fourth-order valence-electron chi connectivity index (χ4n) is 1.36. The highest BCUT2D eigenvalue weighted by Gasteiger charge is 2.08. The SMILES string of the molecule is CCCNC(C)CS(=O)c1ccc(Cl)cc1. The summed E-state index contributed by atoms with van der Waals surface area (Å²) < 4.78 is 12.0. The first-order chi connectivity index (χ1) is 7.63. The fraction of sp³-hybridized carbons (Fsp3) is 0.500. The average Bonchev–Trinajstić information content (AvgIpc) is 2.27. The first kappa shape index (κ1) is 13.7. The molecule has 0 aliphatic heterocycles. The van der Waals surface area contributed by atoms with Crippen molar-refractivity contribution >= 4 is 22.4 Å². The zero-order valence-electron chi connectivity index (χ0n) is 9.70. The molecule has 90 valence electrons. The van der Waals surface area contributed by atoms with Crippen molar-refractivity contribution in [2.75, 3.05) is 12.3 Å². The van der Waals surface area contributed by atoms with E-state index in [1.54, 1.807) is 12.1 Å². The van der Waals surface area contributed by atoms with Crippen LogP contribution in [0.2, 0.25) is 5.02 Å². The number of nitrogens with one attached hydrogen (secondary N) is 1. The molecule has 0 aliphatic carbocycles. The Labute approximate surface area is 105 Å². The van der Waals surface area contributed by atoms with Crippen LogP contribution in [-0.2, 0) is 10.8 Å². The summed E-state index contributed by atoms with van der Waals surface area (Å²) in [6.07, 6.45) is 1.10. The van der Waals surface area contributed by atoms with Gasteiger partial charge < -0.3 is 5.32 Å². The quantitative estimate of drug-likeness (QED) is 0.851.